The van der Waals surface area contributed by atoms with E-state index in [4.69, 9.17) is 0 Å². The van der Waals surface area contributed by atoms with Crippen molar-refractivity contribution in [2.45, 2.75) is 13.3 Å². The van der Waals surface area contributed by atoms with Crippen molar-refractivity contribution in [3.8, 4) is 0 Å². The number of nitrogens with zero attached hydrogens (tertiary/aromatic N) is 1. The van der Waals surface area contributed by atoms with Crippen LogP contribution in [-0.2, 0) is 9.59 Å². The number of carbonyl (C=O) groups is 2. The smallest absolute Gasteiger partial charge is 0.238 e. The third-order valence-corrected chi connectivity index (χ3v) is 3.89. The van der Waals surface area contributed by atoms with Crippen molar-refractivity contribution in [3.05, 3.63) is 42.5 Å². The minimum Gasteiger partial charge on any atom is -0.274 e. The van der Waals surface area contributed by atoms with E-state index in [0.717, 1.165) is 0 Å². The minimum absolute atomic E-state index is 0.0481. The number of amides is 2. The van der Waals surface area contributed by atoms with Gasteiger partial charge in [0.2, 0.25) is 11.8 Å². The van der Waals surface area contributed by atoms with Gasteiger partial charge in [0.1, 0.15) is 0 Å². The van der Waals surface area contributed by atoms with Gasteiger partial charge in [0.05, 0.1) is 17.5 Å². The van der Waals surface area contributed by atoms with Gasteiger partial charge in [0.15, 0.2) is 0 Å². The molecule has 2 amide bonds. The first-order valence-electron chi connectivity index (χ1n) is 6.29. The van der Waals surface area contributed by atoms with Crippen LogP contribution in [0, 0.1) is 17.8 Å². The van der Waals surface area contributed by atoms with Gasteiger partial charge in [0.25, 0.3) is 0 Å². The molecule has 3 rings (SSSR count). The highest BCUT2D eigenvalue weighted by molar-refractivity contribution is 6.22. The van der Waals surface area contributed by atoms with Crippen molar-refractivity contribution in [2.75, 3.05) is 4.90 Å². The van der Waals surface area contributed by atoms with Crippen molar-refractivity contribution in [1.29, 1.82) is 0 Å². The Labute approximate surface area is 106 Å². The maximum Gasteiger partial charge on any atom is 0.238 e. The molecule has 1 heterocycles. The summed E-state index contributed by atoms with van der Waals surface area (Å²) in [5.74, 6) is -0.297. The molecule has 0 spiro atoms. The molecule has 3 atom stereocenters. The molecule has 18 heavy (non-hydrogen) atoms. The van der Waals surface area contributed by atoms with Crippen molar-refractivity contribution >= 4 is 17.5 Å². The van der Waals surface area contributed by atoms with Gasteiger partial charge in [-0.1, -0.05) is 37.3 Å². The normalized spacial score (nSPS) is 30.7. The summed E-state index contributed by atoms with van der Waals surface area (Å²) in [7, 11) is 0. The van der Waals surface area contributed by atoms with Crippen LogP contribution in [0.1, 0.15) is 13.3 Å². The number of imide groups is 1. The molecule has 0 saturated carbocycles. The molecule has 1 fully saturated rings. The molecule has 3 unspecified atom stereocenters. The number of allylic oxidation sites excluding steroid dienone is 2. The number of hydrogen-bond acceptors (Lipinski definition) is 2. The molecule has 92 valence electrons. The fraction of sp³-hybridized carbons (Fsp3) is 0.333. The molecule has 1 aliphatic heterocycles. The van der Waals surface area contributed by atoms with E-state index < -0.39 is 0 Å². The second-order valence-electron chi connectivity index (χ2n) is 5.00. The minimum atomic E-state index is -0.178. The first kappa shape index (κ1) is 11.2. The Morgan fingerprint density at radius 1 is 1.11 bits per heavy atom. The summed E-state index contributed by atoms with van der Waals surface area (Å²) < 4.78 is 0. The molecule has 0 N–H and O–H groups in total. The molecule has 1 aromatic rings. The van der Waals surface area contributed by atoms with Gasteiger partial charge < -0.3 is 0 Å². The zero-order valence-electron chi connectivity index (χ0n) is 10.2. The maximum atomic E-state index is 12.4. The Balaban J connectivity index is 2.00. The van der Waals surface area contributed by atoms with E-state index in [1.165, 1.54) is 4.90 Å². The summed E-state index contributed by atoms with van der Waals surface area (Å²) in [6, 6.07) is 9.20. The summed E-state index contributed by atoms with van der Waals surface area (Å²) in [5, 5.41) is 0. The monoisotopic (exact) mass is 241 g/mol. The van der Waals surface area contributed by atoms with Crippen LogP contribution in [0.4, 0.5) is 5.69 Å². The predicted octanol–water partition coefficient (Wildman–Crippen LogP) is 2.39. The quantitative estimate of drug-likeness (QED) is 0.559. The summed E-state index contributed by atoms with van der Waals surface area (Å²) in [5.41, 5.74) is 0.689. The Kier molecular flexibility index (Phi) is 2.54. The molecule has 3 heteroatoms. The second-order valence-corrected chi connectivity index (χ2v) is 5.00. The second kappa shape index (κ2) is 4.09. The van der Waals surface area contributed by atoms with Gasteiger partial charge in [0, 0.05) is 0 Å². The molecule has 1 saturated heterocycles. The van der Waals surface area contributed by atoms with E-state index in [-0.39, 0.29) is 29.6 Å². The molecule has 0 radical (unpaired) electrons. The Morgan fingerprint density at radius 2 is 1.83 bits per heavy atom. The first-order valence-corrected chi connectivity index (χ1v) is 6.29. The number of rotatable bonds is 1. The summed E-state index contributed by atoms with van der Waals surface area (Å²) in [6.45, 7) is 2.01. The van der Waals surface area contributed by atoms with E-state index in [9.17, 15) is 9.59 Å². The highest BCUT2D eigenvalue weighted by Gasteiger charge is 2.50. The highest BCUT2D eigenvalue weighted by Crippen LogP contribution is 2.40. The number of anilines is 1. The Bertz CT molecular complexity index is 521. The van der Waals surface area contributed by atoms with Gasteiger partial charge in [-0.3, -0.25) is 14.5 Å². The fourth-order valence-electron chi connectivity index (χ4n) is 2.98. The fourth-order valence-corrected chi connectivity index (χ4v) is 2.98. The summed E-state index contributed by atoms with van der Waals surface area (Å²) in [6.07, 6.45) is 4.75. The SMILES string of the molecule is CC1C=CCC2C(=O)N(c3ccccc3)C(=O)C12. The zero-order chi connectivity index (χ0) is 12.7. The molecule has 0 aromatic heterocycles. The lowest BCUT2D eigenvalue weighted by Gasteiger charge is -2.22. The van der Waals surface area contributed by atoms with Crippen LogP contribution in [0.15, 0.2) is 42.5 Å². The summed E-state index contributed by atoms with van der Waals surface area (Å²) in [4.78, 5) is 26.2. The van der Waals surface area contributed by atoms with E-state index >= 15 is 0 Å². The average molecular weight is 241 g/mol. The van der Waals surface area contributed by atoms with Crippen LogP contribution >= 0.6 is 0 Å². The van der Waals surface area contributed by atoms with Gasteiger partial charge in [-0.25, -0.2) is 0 Å². The number of carbonyl (C=O) groups excluding carboxylic acids is 2. The van der Waals surface area contributed by atoms with Crippen LogP contribution in [0.2, 0.25) is 0 Å². The lowest BCUT2D eigenvalue weighted by Crippen LogP contribution is -2.31. The van der Waals surface area contributed by atoms with Gasteiger partial charge >= 0.3 is 0 Å². The molecule has 0 bridgehead atoms. The van der Waals surface area contributed by atoms with Crippen LogP contribution < -0.4 is 4.90 Å². The Hall–Kier alpha value is -1.90. The zero-order valence-corrected chi connectivity index (χ0v) is 10.2. The van der Waals surface area contributed by atoms with E-state index in [0.29, 0.717) is 12.1 Å². The van der Waals surface area contributed by atoms with Gasteiger partial charge in [-0.15, -0.1) is 0 Å². The molecule has 2 aliphatic rings. The predicted molar refractivity (Wildman–Crippen MR) is 68.8 cm³/mol. The third-order valence-electron chi connectivity index (χ3n) is 3.89. The molecule has 1 aliphatic carbocycles. The largest absolute Gasteiger partial charge is 0.274 e. The van der Waals surface area contributed by atoms with Crippen LogP contribution in [0.5, 0.6) is 0 Å². The van der Waals surface area contributed by atoms with Crippen LogP contribution in [0.25, 0.3) is 0 Å². The van der Waals surface area contributed by atoms with Crippen LogP contribution in [0.3, 0.4) is 0 Å². The number of para-hydroxylation sites is 1. The number of benzene rings is 1. The van der Waals surface area contributed by atoms with Crippen LogP contribution in [-0.4, -0.2) is 11.8 Å². The van der Waals surface area contributed by atoms with Crippen molar-refractivity contribution in [2.24, 2.45) is 17.8 Å². The van der Waals surface area contributed by atoms with E-state index in [1.54, 1.807) is 0 Å². The lowest BCUT2D eigenvalue weighted by atomic mass is 9.78. The van der Waals surface area contributed by atoms with Gasteiger partial charge in [-0.05, 0) is 24.5 Å². The van der Waals surface area contributed by atoms with Gasteiger partial charge in [-0.2, -0.15) is 0 Å². The lowest BCUT2D eigenvalue weighted by molar-refractivity contribution is -0.122. The highest BCUT2D eigenvalue weighted by atomic mass is 16.2. The first-order chi connectivity index (χ1) is 8.70. The van der Waals surface area contributed by atoms with Crippen molar-refractivity contribution in [1.82, 2.24) is 0 Å². The molecule has 3 nitrogen and oxygen atoms in total. The maximum absolute atomic E-state index is 12.4. The van der Waals surface area contributed by atoms with E-state index in [1.807, 2.05) is 49.4 Å². The van der Waals surface area contributed by atoms with E-state index in [2.05, 4.69) is 0 Å². The Morgan fingerprint density at radius 3 is 2.50 bits per heavy atom. The summed E-state index contributed by atoms with van der Waals surface area (Å²) >= 11 is 0. The molecular weight excluding hydrogens is 226 g/mol. The standard InChI is InChI=1S/C15H15NO2/c1-10-6-5-9-12-13(10)15(18)16(14(12)17)11-7-3-2-4-8-11/h2-8,10,12-13H,9H2,1H3. The molecule has 1 aromatic carbocycles. The van der Waals surface area contributed by atoms with Crippen molar-refractivity contribution in [3.63, 3.8) is 0 Å². The molecular formula is C15H15NO2. The third kappa shape index (κ3) is 1.50. The average Bonchev–Trinajstić information content (AvgIpc) is 2.64. The topological polar surface area (TPSA) is 37.4 Å². The van der Waals surface area contributed by atoms with Crippen molar-refractivity contribution < 1.29 is 9.59 Å². The number of fused-ring (bicyclic) bond motifs is 1. The number of hydrogen-bond donors (Lipinski definition) is 0.